The Kier molecular flexibility index (Phi) is 4.86. The van der Waals surface area contributed by atoms with Crippen molar-refractivity contribution in [3.8, 4) is 0 Å². The van der Waals surface area contributed by atoms with E-state index in [-0.39, 0.29) is 18.5 Å². The number of carbonyl (C=O) groups is 1. The van der Waals surface area contributed by atoms with E-state index < -0.39 is 5.60 Å². The van der Waals surface area contributed by atoms with Crippen molar-refractivity contribution in [1.82, 2.24) is 4.90 Å². The number of carbonyl (C=O) groups excluding carboxylic acids is 1. The van der Waals surface area contributed by atoms with Crippen LogP contribution in [0.2, 0.25) is 0 Å². The lowest BCUT2D eigenvalue weighted by molar-refractivity contribution is 0.0260. The number of halogens is 1. The summed E-state index contributed by atoms with van der Waals surface area (Å²) in [6, 6.07) is 6.20. The summed E-state index contributed by atoms with van der Waals surface area (Å²) in [6.45, 7) is 6.18. The van der Waals surface area contributed by atoms with Crippen molar-refractivity contribution in [2.45, 2.75) is 32.8 Å². The van der Waals surface area contributed by atoms with Crippen LogP contribution in [0.15, 0.2) is 29.8 Å². The van der Waals surface area contributed by atoms with Crippen LogP contribution in [0.4, 0.5) is 9.18 Å². The predicted octanol–water partition coefficient (Wildman–Crippen LogP) is 3.21. The highest BCUT2D eigenvalue weighted by Gasteiger charge is 2.27. The monoisotopic (exact) mass is 307 g/mol. The van der Waals surface area contributed by atoms with Crippen LogP contribution in [0.3, 0.4) is 0 Å². The third-order valence-electron chi connectivity index (χ3n) is 3.48. The molecular formula is C17H22FNO3. The maximum Gasteiger partial charge on any atom is 0.410 e. The van der Waals surface area contributed by atoms with Gasteiger partial charge in [-0.3, -0.25) is 0 Å². The molecule has 120 valence electrons. The molecular weight excluding hydrogens is 285 g/mol. The van der Waals surface area contributed by atoms with E-state index in [1.807, 2.05) is 20.8 Å². The summed E-state index contributed by atoms with van der Waals surface area (Å²) in [7, 11) is 0. The van der Waals surface area contributed by atoms with E-state index in [0.717, 1.165) is 16.7 Å². The van der Waals surface area contributed by atoms with Gasteiger partial charge in [0.15, 0.2) is 0 Å². The van der Waals surface area contributed by atoms with Crippen LogP contribution in [-0.4, -0.2) is 41.4 Å². The Labute approximate surface area is 130 Å². The first-order chi connectivity index (χ1) is 10.3. The number of benzene rings is 1. The van der Waals surface area contributed by atoms with Gasteiger partial charge in [-0.1, -0.05) is 12.1 Å². The van der Waals surface area contributed by atoms with Crippen molar-refractivity contribution in [2.24, 2.45) is 0 Å². The Morgan fingerprint density at radius 2 is 1.95 bits per heavy atom. The van der Waals surface area contributed by atoms with Crippen molar-refractivity contribution in [2.75, 3.05) is 19.7 Å². The molecule has 0 fully saturated rings. The van der Waals surface area contributed by atoms with Crippen molar-refractivity contribution >= 4 is 11.7 Å². The van der Waals surface area contributed by atoms with Gasteiger partial charge in [0, 0.05) is 13.1 Å². The third-order valence-corrected chi connectivity index (χ3v) is 3.48. The zero-order chi connectivity index (χ0) is 16.3. The first-order valence-electron chi connectivity index (χ1n) is 7.36. The fraction of sp³-hybridized carbons (Fsp3) is 0.471. The van der Waals surface area contributed by atoms with Crippen LogP contribution in [0.25, 0.3) is 5.57 Å². The molecule has 1 amide bonds. The number of aliphatic hydroxyl groups excluding tert-OH is 1. The molecule has 4 nitrogen and oxygen atoms in total. The minimum atomic E-state index is -0.544. The Balaban J connectivity index is 2.17. The summed E-state index contributed by atoms with van der Waals surface area (Å²) < 4.78 is 18.4. The minimum Gasteiger partial charge on any atom is -0.444 e. The largest absolute Gasteiger partial charge is 0.444 e. The molecule has 2 rings (SSSR count). The first kappa shape index (κ1) is 16.5. The number of amides is 1. The maximum atomic E-state index is 13.0. The standard InChI is InChI=1S/C17H22FNO3/c1-17(2,3)22-16(21)19-9-8-15(13(10-19)11-20)12-4-6-14(18)7-5-12/h4-7,20H,8-11H2,1-3H3. The van der Waals surface area contributed by atoms with Crippen molar-refractivity contribution in [3.05, 3.63) is 41.2 Å². The number of hydrogen-bond acceptors (Lipinski definition) is 3. The molecule has 0 saturated carbocycles. The van der Waals surface area contributed by atoms with Crippen LogP contribution < -0.4 is 0 Å². The SMILES string of the molecule is CC(C)(C)OC(=O)N1CCC(c2ccc(F)cc2)=C(CO)C1. The summed E-state index contributed by atoms with van der Waals surface area (Å²) in [5, 5.41) is 9.60. The van der Waals surface area contributed by atoms with Gasteiger partial charge in [0.1, 0.15) is 11.4 Å². The van der Waals surface area contributed by atoms with Gasteiger partial charge in [0.25, 0.3) is 0 Å². The van der Waals surface area contributed by atoms with E-state index in [1.54, 1.807) is 17.0 Å². The average Bonchev–Trinajstić information content (AvgIpc) is 2.45. The zero-order valence-electron chi connectivity index (χ0n) is 13.2. The van der Waals surface area contributed by atoms with Gasteiger partial charge in [-0.15, -0.1) is 0 Å². The van der Waals surface area contributed by atoms with Gasteiger partial charge in [0.2, 0.25) is 0 Å². The Bertz CT molecular complexity index is 573. The lowest BCUT2D eigenvalue weighted by atomic mass is 9.94. The van der Waals surface area contributed by atoms with Crippen molar-refractivity contribution in [3.63, 3.8) is 0 Å². The van der Waals surface area contributed by atoms with Gasteiger partial charge in [0.05, 0.1) is 6.61 Å². The van der Waals surface area contributed by atoms with Crippen LogP contribution >= 0.6 is 0 Å². The zero-order valence-corrected chi connectivity index (χ0v) is 13.2. The topological polar surface area (TPSA) is 49.8 Å². The molecule has 1 aliphatic rings. The van der Waals surface area contributed by atoms with E-state index in [2.05, 4.69) is 0 Å². The molecule has 0 aliphatic carbocycles. The Morgan fingerprint density at radius 1 is 1.32 bits per heavy atom. The fourth-order valence-corrected chi connectivity index (χ4v) is 2.46. The van der Waals surface area contributed by atoms with E-state index in [1.165, 1.54) is 12.1 Å². The molecule has 0 unspecified atom stereocenters. The number of ether oxygens (including phenoxy) is 1. The van der Waals surface area contributed by atoms with E-state index in [0.29, 0.717) is 19.5 Å². The number of rotatable bonds is 2. The Morgan fingerprint density at radius 3 is 2.50 bits per heavy atom. The van der Waals surface area contributed by atoms with Crippen molar-refractivity contribution < 1.29 is 19.0 Å². The van der Waals surface area contributed by atoms with Crippen LogP contribution in [0.5, 0.6) is 0 Å². The molecule has 1 heterocycles. The number of nitrogens with zero attached hydrogens (tertiary/aromatic N) is 1. The van der Waals surface area contributed by atoms with Crippen LogP contribution in [-0.2, 0) is 4.74 Å². The second-order valence-corrected chi connectivity index (χ2v) is 6.40. The smallest absolute Gasteiger partial charge is 0.410 e. The highest BCUT2D eigenvalue weighted by Crippen LogP contribution is 2.28. The summed E-state index contributed by atoms with van der Waals surface area (Å²) in [4.78, 5) is 13.7. The predicted molar refractivity (Wildman–Crippen MR) is 82.8 cm³/mol. The lowest BCUT2D eigenvalue weighted by Crippen LogP contribution is -2.41. The van der Waals surface area contributed by atoms with Crippen molar-refractivity contribution in [1.29, 1.82) is 0 Å². The lowest BCUT2D eigenvalue weighted by Gasteiger charge is -2.32. The molecule has 1 aromatic carbocycles. The molecule has 0 aromatic heterocycles. The fourth-order valence-electron chi connectivity index (χ4n) is 2.46. The number of hydrogen-bond donors (Lipinski definition) is 1. The second-order valence-electron chi connectivity index (χ2n) is 6.40. The van der Waals surface area contributed by atoms with Crippen LogP contribution in [0, 0.1) is 5.82 Å². The van der Waals surface area contributed by atoms with Crippen LogP contribution in [0.1, 0.15) is 32.8 Å². The van der Waals surface area contributed by atoms with Gasteiger partial charge < -0.3 is 14.7 Å². The summed E-state index contributed by atoms with van der Waals surface area (Å²) >= 11 is 0. The van der Waals surface area contributed by atoms with E-state index in [4.69, 9.17) is 4.74 Å². The van der Waals surface area contributed by atoms with E-state index in [9.17, 15) is 14.3 Å². The molecule has 1 aromatic rings. The molecule has 0 spiro atoms. The second kappa shape index (κ2) is 6.48. The quantitative estimate of drug-likeness (QED) is 0.912. The third kappa shape index (κ3) is 4.07. The number of aliphatic hydroxyl groups is 1. The molecule has 0 saturated heterocycles. The highest BCUT2D eigenvalue weighted by atomic mass is 19.1. The molecule has 0 bridgehead atoms. The van der Waals surface area contributed by atoms with Gasteiger partial charge in [-0.25, -0.2) is 9.18 Å². The Hall–Kier alpha value is -1.88. The van der Waals surface area contributed by atoms with Gasteiger partial charge >= 0.3 is 6.09 Å². The van der Waals surface area contributed by atoms with Gasteiger partial charge in [-0.05, 0) is 56.0 Å². The maximum absolute atomic E-state index is 13.0. The normalized spacial score (nSPS) is 16.0. The molecule has 0 radical (unpaired) electrons. The van der Waals surface area contributed by atoms with E-state index >= 15 is 0 Å². The summed E-state index contributed by atoms with van der Waals surface area (Å²) in [6.07, 6.45) is 0.234. The minimum absolute atomic E-state index is 0.133. The average molecular weight is 307 g/mol. The summed E-state index contributed by atoms with van der Waals surface area (Å²) in [5.74, 6) is -0.291. The highest BCUT2D eigenvalue weighted by molar-refractivity contribution is 5.75. The molecule has 5 heteroatoms. The molecule has 22 heavy (non-hydrogen) atoms. The first-order valence-corrected chi connectivity index (χ1v) is 7.36. The van der Waals surface area contributed by atoms with Gasteiger partial charge in [-0.2, -0.15) is 0 Å². The molecule has 0 atom stereocenters. The molecule has 1 aliphatic heterocycles. The summed E-state index contributed by atoms with van der Waals surface area (Å²) in [5.41, 5.74) is 2.08. The molecule has 1 N–H and O–H groups in total.